The third kappa shape index (κ3) is 1.91. The number of hydrogen-bond donors (Lipinski definition) is 1. The van der Waals surface area contributed by atoms with Crippen LogP contribution in [0.3, 0.4) is 0 Å². The summed E-state index contributed by atoms with van der Waals surface area (Å²) < 4.78 is 0. The highest BCUT2D eigenvalue weighted by atomic mass is 16.1. The first-order valence-electron chi connectivity index (χ1n) is 1.81. The fourth-order valence-electron chi connectivity index (χ4n) is 0.0680. The first-order valence-corrected chi connectivity index (χ1v) is 1.81. The average molecular weight is 86.1 g/mol. The van der Waals surface area contributed by atoms with Gasteiger partial charge in [-0.15, -0.1) is 0 Å². The maximum Gasteiger partial charge on any atom is 0.136 e. The van der Waals surface area contributed by atoms with Gasteiger partial charge in [0.15, 0.2) is 0 Å². The van der Waals surface area contributed by atoms with Gasteiger partial charge in [0.2, 0.25) is 0 Å². The van der Waals surface area contributed by atoms with Crippen LogP contribution < -0.4 is 5.73 Å². The molecular formula is C4H8NO. The Bertz CT molecular complexity index is 44.8. The molecular weight excluding hydrogens is 78.0 g/mol. The first-order chi connectivity index (χ1) is 2.81. The SMILES string of the molecule is [CH2]CC(N)C=O. The van der Waals surface area contributed by atoms with Crippen molar-refractivity contribution in [1.82, 2.24) is 0 Å². The number of nitrogens with two attached hydrogens (primary N) is 1. The fourth-order valence-corrected chi connectivity index (χ4v) is 0.0680. The molecule has 0 bridgehead atoms. The topological polar surface area (TPSA) is 43.1 Å². The van der Waals surface area contributed by atoms with Crippen molar-refractivity contribution in [3.8, 4) is 0 Å². The highest BCUT2D eigenvalue weighted by molar-refractivity contribution is 5.56. The van der Waals surface area contributed by atoms with E-state index in [1.807, 2.05) is 0 Å². The van der Waals surface area contributed by atoms with Gasteiger partial charge in [-0.25, -0.2) is 0 Å². The zero-order chi connectivity index (χ0) is 4.99. The van der Waals surface area contributed by atoms with Gasteiger partial charge in [0, 0.05) is 0 Å². The van der Waals surface area contributed by atoms with Crippen LogP contribution in [-0.2, 0) is 4.79 Å². The summed E-state index contributed by atoms with van der Waals surface area (Å²) in [5.41, 5.74) is 5.04. The van der Waals surface area contributed by atoms with Gasteiger partial charge in [-0.05, 0) is 6.42 Å². The van der Waals surface area contributed by atoms with Gasteiger partial charge in [0.1, 0.15) is 6.29 Å². The zero-order valence-corrected chi connectivity index (χ0v) is 3.55. The molecule has 0 aliphatic carbocycles. The van der Waals surface area contributed by atoms with Crippen LogP contribution >= 0.6 is 0 Å². The molecule has 1 unspecified atom stereocenters. The summed E-state index contributed by atoms with van der Waals surface area (Å²) in [6.45, 7) is 3.40. The smallest absolute Gasteiger partial charge is 0.136 e. The summed E-state index contributed by atoms with van der Waals surface area (Å²) in [7, 11) is 0. The first kappa shape index (κ1) is 5.63. The van der Waals surface area contributed by atoms with Gasteiger partial charge in [-0.1, -0.05) is 6.92 Å². The van der Waals surface area contributed by atoms with Crippen LogP contribution in [0.25, 0.3) is 0 Å². The molecule has 0 aliphatic heterocycles. The van der Waals surface area contributed by atoms with Crippen molar-refractivity contribution in [2.24, 2.45) is 5.73 Å². The predicted octanol–water partition coefficient (Wildman–Crippen LogP) is -0.263. The highest BCUT2D eigenvalue weighted by Crippen LogP contribution is 1.74. The molecule has 0 saturated heterocycles. The van der Waals surface area contributed by atoms with Crippen molar-refractivity contribution in [1.29, 1.82) is 0 Å². The van der Waals surface area contributed by atoms with E-state index in [1.54, 1.807) is 0 Å². The molecule has 2 heteroatoms. The van der Waals surface area contributed by atoms with Gasteiger partial charge in [0.05, 0.1) is 6.04 Å². The summed E-state index contributed by atoms with van der Waals surface area (Å²) >= 11 is 0. The van der Waals surface area contributed by atoms with E-state index in [9.17, 15) is 4.79 Å². The number of carbonyl (C=O) groups excluding carboxylic acids is 1. The second kappa shape index (κ2) is 2.85. The van der Waals surface area contributed by atoms with Crippen molar-refractivity contribution in [3.63, 3.8) is 0 Å². The van der Waals surface area contributed by atoms with Crippen LogP contribution in [0.4, 0.5) is 0 Å². The van der Waals surface area contributed by atoms with Crippen LogP contribution in [0.2, 0.25) is 0 Å². The zero-order valence-electron chi connectivity index (χ0n) is 3.55. The summed E-state index contributed by atoms with van der Waals surface area (Å²) in [5.74, 6) is 0. The molecule has 0 saturated carbocycles. The molecule has 0 rings (SSSR count). The Hall–Kier alpha value is -0.370. The van der Waals surface area contributed by atoms with E-state index in [1.165, 1.54) is 0 Å². The van der Waals surface area contributed by atoms with E-state index in [4.69, 9.17) is 5.73 Å². The van der Waals surface area contributed by atoms with Crippen molar-refractivity contribution in [3.05, 3.63) is 6.92 Å². The van der Waals surface area contributed by atoms with Crippen molar-refractivity contribution in [2.75, 3.05) is 0 Å². The Morgan fingerprint density at radius 1 is 2.00 bits per heavy atom. The predicted molar refractivity (Wildman–Crippen MR) is 24.0 cm³/mol. The number of hydrogen-bond acceptors (Lipinski definition) is 2. The molecule has 0 aromatic carbocycles. The summed E-state index contributed by atoms with van der Waals surface area (Å²) in [6.07, 6.45) is 1.18. The normalized spacial score (nSPS) is 13.7. The van der Waals surface area contributed by atoms with Crippen molar-refractivity contribution in [2.45, 2.75) is 12.5 Å². The second-order valence-electron chi connectivity index (χ2n) is 1.09. The van der Waals surface area contributed by atoms with Crippen molar-refractivity contribution < 1.29 is 4.79 Å². The highest BCUT2D eigenvalue weighted by Gasteiger charge is 1.89. The van der Waals surface area contributed by atoms with E-state index in [2.05, 4.69) is 6.92 Å². The van der Waals surface area contributed by atoms with Crippen LogP contribution in [0.1, 0.15) is 6.42 Å². The Morgan fingerprint density at radius 2 is 2.50 bits per heavy atom. The average Bonchev–Trinajstić information content (AvgIpc) is 1.65. The monoisotopic (exact) mass is 86.1 g/mol. The van der Waals surface area contributed by atoms with Crippen LogP contribution in [0.15, 0.2) is 0 Å². The number of rotatable bonds is 2. The molecule has 2 nitrogen and oxygen atoms in total. The molecule has 0 amide bonds. The molecule has 35 valence electrons. The lowest BCUT2D eigenvalue weighted by Gasteiger charge is -1.90. The number of carbonyl (C=O) groups is 1. The Kier molecular flexibility index (Phi) is 2.67. The van der Waals surface area contributed by atoms with E-state index in [0.717, 1.165) is 0 Å². The van der Waals surface area contributed by atoms with Crippen molar-refractivity contribution >= 4 is 6.29 Å². The molecule has 0 aromatic heterocycles. The Labute approximate surface area is 37.3 Å². The molecule has 6 heavy (non-hydrogen) atoms. The van der Waals surface area contributed by atoms with E-state index >= 15 is 0 Å². The Balaban J connectivity index is 2.96. The lowest BCUT2D eigenvalue weighted by molar-refractivity contribution is -0.108. The van der Waals surface area contributed by atoms with E-state index < -0.39 is 0 Å². The van der Waals surface area contributed by atoms with Crippen LogP contribution in [0.5, 0.6) is 0 Å². The molecule has 1 radical (unpaired) electrons. The van der Waals surface area contributed by atoms with Crippen LogP contribution in [0, 0.1) is 6.92 Å². The Morgan fingerprint density at radius 3 is 2.50 bits per heavy atom. The summed E-state index contributed by atoms with van der Waals surface area (Å²) in [6, 6.07) is -0.356. The fraction of sp³-hybridized carbons (Fsp3) is 0.500. The molecule has 0 aromatic rings. The maximum atomic E-state index is 9.57. The lowest BCUT2D eigenvalue weighted by Crippen LogP contribution is -2.19. The number of aldehydes is 1. The third-order valence-corrected chi connectivity index (χ3v) is 0.508. The third-order valence-electron chi connectivity index (χ3n) is 0.508. The molecule has 0 aliphatic rings. The molecule has 0 fully saturated rings. The summed E-state index contributed by atoms with van der Waals surface area (Å²) in [5, 5.41) is 0. The lowest BCUT2D eigenvalue weighted by atomic mass is 10.3. The van der Waals surface area contributed by atoms with Gasteiger partial charge in [0.25, 0.3) is 0 Å². The molecule has 1 atom stereocenters. The molecule has 2 N–H and O–H groups in total. The van der Waals surface area contributed by atoms with E-state index in [-0.39, 0.29) is 6.04 Å². The maximum absolute atomic E-state index is 9.57. The quantitative estimate of drug-likeness (QED) is 0.470. The standard InChI is InChI=1S/C4H8NO/c1-2-4(5)3-6/h3-4H,1-2,5H2. The second-order valence-corrected chi connectivity index (χ2v) is 1.09. The van der Waals surface area contributed by atoms with Gasteiger partial charge in [-0.2, -0.15) is 0 Å². The summed E-state index contributed by atoms with van der Waals surface area (Å²) in [4.78, 5) is 9.57. The largest absolute Gasteiger partial charge is 0.322 e. The minimum Gasteiger partial charge on any atom is -0.322 e. The van der Waals surface area contributed by atoms with E-state index in [0.29, 0.717) is 12.7 Å². The van der Waals surface area contributed by atoms with Gasteiger partial charge >= 0.3 is 0 Å². The minimum atomic E-state index is -0.356. The molecule has 0 spiro atoms. The van der Waals surface area contributed by atoms with Crippen LogP contribution in [-0.4, -0.2) is 12.3 Å². The van der Waals surface area contributed by atoms with Gasteiger partial charge < -0.3 is 10.5 Å². The minimum absolute atomic E-state index is 0.356. The molecule has 0 heterocycles. The van der Waals surface area contributed by atoms with Gasteiger partial charge in [-0.3, -0.25) is 0 Å².